The van der Waals surface area contributed by atoms with E-state index in [2.05, 4.69) is 10.5 Å². The van der Waals surface area contributed by atoms with Crippen LogP contribution in [0.25, 0.3) is 0 Å². The van der Waals surface area contributed by atoms with Crippen LogP contribution < -0.4 is 10.2 Å². The Morgan fingerprint density at radius 2 is 1.79 bits per heavy atom. The summed E-state index contributed by atoms with van der Waals surface area (Å²) in [5, 5.41) is 4.11. The summed E-state index contributed by atoms with van der Waals surface area (Å²) >= 11 is 0. The Labute approximate surface area is 111 Å². The molecule has 0 heterocycles. The van der Waals surface area contributed by atoms with Crippen molar-refractivity contribution in [2.75, 3.05) is 5.43 Å². The predicted octanol–water partition coefficient (Wildman–Crippen LogP) is 3.06. The van der Waals surface area contributed by atoms with Gasteiger partial charge in [-0.05, 0) is 24.3 Å². The lowest BCUT2D eigenvalue weighted by molar-refractivity contribution is -0.131. The fourth-order valence-corrected chi connectivity index (χ4v) is 1.52. The number of rotatable bonds is 4. The molecule has 0 aromatic heterocycles. The molecule has 0 saturated heterocycles. The molecule has 0 radical (unpaired) electrons. The van der Waals surface area contributed by atoms with Gasteiger partial charge in [0.25, 0.3) is 0 Å². The number of hydrogen-bond donors (Lipinski definition) is 1. The van der Waals surface area contributed by atoms with Crippen LogP contribution in [0.1, 0.15) is 12.5 Å². The normalized spacial score (nSPS) is 10.4. The van der Waals surface area contributed by atoms with Crippen molar-refractivity contribution < 1.29 is 9.53 Å². The van der Waals surface area contributed by atoms with E-state index in [0.29, 0.717) is 5.75 Å². The van der Waals surface area contributed by atoms with Crippen LogP contribution >= 0.6 is 0 Å². The molecular formula is C15H14N2O2. The molecule has 19 heavy (non-hydrogen) atoms. The van der Waals surface area contributed by atoms with E-state index in [-0.39, 0.29) is 5.97 Å². The van der Waals surface area contributed by atoms with Crippen LogP contribution in [0.2, 0.25) is 0 Å². The summed E-state index contributed by atoms with van der Waals surface area (Å²) in [7, 11) is 0. The molecule has 0 spiro atoms. The third-order valence-electron chi connectivity index (χ3n) is 2.34. The van der Waals surface area contributed by atoms with E-state index in [0.717, 1.165) is 11.3 Å². The lowest BCUT2D eigenvalue weighted by atomic mass is 10.2. The van der Waals surface area contributed by atoms with Gasteiger partial charge in [-0.25, -0.2) is 0 Å². The zero-order valence-corrected chi connectivity index (χ0v) is 10.5. The molecule has 96 valence electrons. The quantitative estimate of drug-likeness (QED) is 0.395. The van der Waals surface area contributed by atoms with E-state index >= 15 is 0 Å². The number of para-hydroxylation sites is 2. The highest BCUT2D eigenvalue weighted by Crippen LogP contribution is 2.16. The molecule has 0 fully saturated rings. The van der Waals surface area contributed by atoms with Gasteiger partial charge in [0.2, 0.25) is 0 Å². The lowest BCUT2D eigenvalue weighted by Gasteiger charge is -2.04. The second-order valence-corrected chi connectivity index (χ2v) is 3.87. The fraction of sp³-hybridized carbons (Fsp3) is 0.0667. The van der Waals surface area contributed by atoms with Crippen LogP contribution in [0.3, 0.4) is 0 Å². The molecule has 2 aromatic rings. The zero-order chi connectivity index (χ0) is 13.5. The van der Waals surface area contributed by atoms with Gasteiger partial charge in [-0.2, -0.15) is 5.10 Å². The number of benzene rings is 2. The maximum atomic E-state index is 11.0. The molecule has 1 N–H and O–H groups in total. The van der Waals surface area contributed by atoms with Gasteiger partial charge >= 0.3 is 5.97 Å². The first-order valence-electron chi connectivity index (χ1n) is 5.87. The Kier molecular flexibility index (Phi) is 4.29. The Hall–Kier alpha value is -2.62. The van der Waals surface area contributed by atoms with E-state index in [1.165, 1.54) is 6.92 Å². The maximum absolute atomic E-state index is 11.0. The Morgan fingerprint density at radius 1 is 1.11 bits per heavy atom. The monoisotopic (exact) mass is 254 g/mol. The standard InChI is InChI=1S/C15H14N2O2/c1-12(18)19-15-10-6-5-7-13(15)11-16-17-14-8-3-2-4-9-14/h2-11,17H,1H3. The van der Waals surface area contributed by atoms with Crippen molar-refractivity contribution in [3.05, 3.63) is 60.2 Å². The van der Waals surface area contributed by atoms with Crippen LogP contribution in [0, 0.1) is 0 Å². The first kappa shape index (κ1) is 12.8. The molecule has 0 amide bonds. The van der Waals surface area contributed by atoms with E-state index in [1.807, 2.05) is 42.5 Å². The van der Waals surface area contributed by atoms with Crippen molar-refractivity contribution in [1.29, 1.82) is 0 Å². The maximum Gasteiger partial charge on any atom is 0.308 e. The summed E-state index contributed by atoms with van der Waals surface area (Å²) in [5.74, 6) is 0.144. The van der Waals surface area contributed by atoms with Crippen LogP contribution in [0.4, 0.5) is 5.69 Å². The molecule has 0 aliphatic rings. The van der Waals surface area contributed by atoms with Gasteiger partial charge in [0.15, 0.2) is 0 Å². The highest BCUT2D eigenvalue weighted by atomic mass is 16.5. The second kappa shape index (κ2) is 6.35. The number of nitrogens with one attached hydrogen (secondary N) is 1. The minimum absolute atomic E-state index is 0.350. The lowest BCUT2D eigenvalue weighted by Crippen LogP contribution is -2.03. The topological polar surface area (TPSA) is 50.7 Å². The number of carbonyl (C=O) groups excluding carboxylic acids is 1. The number of esters is 1. The third-order valence-corrected chi connectivity index (χ3v) is 2.34. The zero-order valence-electron chi connectivity index (χ0n) is 10.5. The molecule has 0 saturated carbocycles. The van der Waals surface area contributed by atoms with Crippen LogP contribution in [-0.2, 0) is 4.79 Å². The van der Waals surface area contributed by atoms with Crippen molar-refractivity contribution in [2.24, 2.45) is 5.10 Å². The van der Waals surface area contributed by atoms with Gasteiger partial charge in [-0.3, -0.25) is 10.2 Å². The number of hydrogen-bond acceptors (Lipinski definition) is 4. The first-order valence-corrected chi connectivity index (χ1v) is 5.87. The van der Waals surface area contributed by atoms with Crippen LogP contribution in [0.15, 0.2) is 59.7 Å². The SMILES string of the molecule is CC(=O)Oc1ccccc1C=NNc1ccccc1. The second-order valence-electron chi connectivity index (χ2n) is 3.87. The van der Waals surface area contributed by atoms with Gasteiger partial charge in [0.1, 0.15) is 5.75 Å². The van der Waals surface area contributed by atoms with E-state index in [1.54, 1.807) is 18.3 Å². The Bertz CT molecular complexity index is 580. The summed E-state index contributed by atoms with van der Waals surface area (Å²) in [6.07, 6.45) is 1.62. The molecule has 4 nitrogen and oxygen atoms in total. The van der Waals surface area contributed by atoms with Crippen molar-refractivity contribution in [3.8, 4) is 5.75 Å². The molecule has 0 aliphatic carbocycles. The summed E-state index contributed by atoms with van der Waals surface area (Å²) in [4.78, 5) is 11.0. The summed E-state index contributed by atoms with van der Waals surface area (Å²) < 4.78 is 5.09. The van der Waals surface area contributed by atoms with Gasteiger partial charge in [-0.1, -0.05) is 30.3 Å². The van der Waals surface area contributed by atoms with Crippen LogP contribution in [0.5, 0.6) is 5.75 Å². The number of nitrogens with zero attached hydrogens (tertiary/aromatic N) is 1. The predicted molar refractivity (Wildman–Crippen MR) is 75.4 cm³/mol. The van der Waals surface area contributed by atoms with Crippen LogP contribution in [-0.4, -0.2) is 12.2 Å². The minimum Gasteiger partial charge on any atom is -0.426 e. The van der Waals surface area contributed by atoms with E-state index in [9.17, 15) is 4.79 Å². The number of anilines is 1. The van der Waals surface area contributed by atoms with E-state index < -0.39 is 0 Å². The van der Waals surface area contributed by atoms with Gasteiger partial charge in [0, 0.05) is 12.5 Å². The fourth-order valence-electron chi connectivity index (χ4n) is 1.52. The Balaban J connectivity index is 2.08. The van der Waals surface area contributed by atoms with Crippen molar-refractivity contribution in [3.63, 3.8) is 0 Å². The molecular weight excluding hydrogens is 240 g/mol. The first-order chi connectivity index (χ1) is 9.25. The Morgan fingerprint density at radius 3 is 2.53 bits per heavy atom. The van der Waals surface area contributed by atoms with Crippen molar-refractivity contribution in [1.82, 2.24) is 0 Å². The molecule has 0 unspecified atom stereocenters. The van der Waals surface area contributed by atoms with Crippen molar-refractivity contribution in [2.45, 2.75) is 6.92 Å². The highest BCUT2D eigenvalue weighted by Gasteiger charge is 2.02. The molecule has 2 aromatic carbocycles. The summed E-state index contributed by atoms with van der Waals surface area (Å²) in [5.41, 5.74) is 4.53. The van der Waals surface area contributed by atoms with Gasteiger partial charge in [-0.15, -0.1) is 0 Å². The summed E-state index contributed by atoms with van der Waals surface area (Å²) in [6, 6.07) is 16.8. The smallest absolute Gasteiger partial charge is 0.308 e. The van der Waals surface area contributed by atoms with Gasteiger partial charge in [0.05, 0.1) is 11.9 Å². The highest BCUT2D eigenvalue weighted by molar-refractivity contribution is 5.85. The van der Waals surface area contributed by atoms with Crippen molar-refractivity contribution >= 4 is 17.9 Å². The number of hydrazone groups is 1. The molecule has 0 bridgehead atoms. The number of ether oxygens (including phenoxy) is 1. The summed E-state index contributed by atoms with van der Waals surface area (Å²) in [6.45, 7) is 1.37. The average Bonchev–Trinajstić information content (AvgIpc) is 2.41. The third kappa shape index (κ3) is 3.96. The molecule has 4 heteroatoms. The van der Waals surface area contributed by atoms with Gasteiger partial charge < -0.3 is 4.74 Å². The van der Waals surface area contributed by atoms with E-state index in [4.69, 9.17) is 4.74 Å². The number of carbonyl (C=O) groups is 1. The minimum atomic E-state index is -0.350. The molecule has 0 aliphatic heterocycles. The largest absolute Gasteiger partial charge is 0.426 e. The molecule has 2 rings (SSSR count). The molecule has 0 atom stereocenters. The average molecular weight is 254 g/mol.